The van der Waals surface area contributed by atoms with E-state index in [2.05, 4.69) is 91.1 Å². The maximum Gasteiger partial charge on any atom is 0.0509 e. The minimum atomic E-state index is 0.701. The molecule has 0 unspecified atom stereocenters. The molecule has 0 aromatic heterocycles. The van der Waals surface area contributed by atoms with Gasteiger partial charge in [-0.1, -0.05) is 99.7 Å². The third kappa shape index (κ3) is 8.30. The monoisotopic (exact) mass is 358 g/mol. The van der Waals surface area contributed by atoms with Gasteiger partial charge in [0.2, 0.25) is 0 Å². The van der Waals surface area contributed by atoms with Gasteiger partial charge in [0, 0.05) is 11.5 Å². The average molecular weight is 359 g/mol. The van der Waals surface area contributed by atoms with Gasteiger partial charge in [-0.05, 0) is 17.5 Å². The molecule has 0 heterocycles. The minimum Gasteiger partial charge on any atom is -0.143 e. The quantitative estimate of drug-likeness (QED) is 0.284. The summed E-state index contributed by atoms with van der Waals surface area (Å²) < 4.78 is 0.701. The highest BCUT2D eigenvalue weighted by Gasteiger charge is 2.10. The van der Waals surface area contributed by atoms with Gasteiger partial charge in [-0.15, -0.1) is 23.5 Å². The molecule has 0 fully saturated rings. The number of thioether (sulfide) groups is 2. The molecular weight excluding hydrogens is 328 g/mol. The number of hydrogen-bond acceptors (Lipinski definition) is 2. The summed E-state index contributed by atoms with van der Waals surface area (Å²) in [5.74, 6) is 2.25. The van der Waals surface area contributed by atoms with Gasteiger partial charge >= 0.3 is 0 Å². The van der Waals surface area contributed by atoms with Crippen LogP contribution < -0.4 is 0 Å². The molecule has 0 aliphatic rings. The zero-order chi connectivity index (χ0) is 16.9. The highest BCUT2D eigenvalue weighted by molar-refractivity contribution is 8.16. The molecule has 2 heteroatoms. The molecule has 0 aliphatic carbocycles. The fourth-order valence-corrected chi connectivity index (χ4v) is 5.26. The molecular formula is C22H30S2. The van der Waals surface area contributed by atoms with Crippen LogP contribution in [0.4, 0.5) is 0 Å². The predicted octanol–water partition coefficient (Wildman–Crippen LogP) is 7.54. The van der Waals surface area contributed by atoms with Crippen molar-refractivity contribution in [2.45, 2.75) is 61.5 Å². The van der Waals surface area contributed by atoms with Crippen molar-refractivity contribution in [1.82, 2.24) is 0 Å². The van der Waals surface area contributed by atoms with Crippen molar-refractivity contribution >= 4 is 23.5 Å². The summed E-state index contributed by atoms with van der Waals surface area (Å²) in [5.41, 5.74) is 2.89. The Bertz CT molecular complexity index is 481. The average Bonchev–Trinajstić information content (AvgIpc) is 2.65. The summed E-state index contributed by atoms with van der Waals surface area (Å²) in [5, 5.41) is 0. The highest BCUT2D eigenvalue weighted by Crippen LogP contribution is 2.33. The summed E-state index contributed by atoms with van der Waals surface area (Å²) in [6.45, 7) is 2.29. The van der Waals surface area contributed by atoms with Crippen molar-refractivity contribution in [3.63, 3.8) is 0 Å². The van der Waals surface area contributed by atoms with E-state index in [1.165, 1.54) is 49.7 Å². The lowest BCUT2D eigenvalue weighted by Gasteiger charge is -2.16. The largest absolute Gasteiger partial charge is 0.143 e. The van der Waals surface area contributed by atoms with Crippen LogP contribution >= 0.6 is 23.5 Å². The van der Waals surface area contributed by atoms with E-state index in [-0.39, 0.29) is 0 Å². The number of rotatable bonds is 12. The molecule has 0 radical (unpaired) electrons. The zero-order valence-electron chi connectivity index (χ0n) is 14.8. The Balaban J connectivity index is 1.78. The van der Waals surface area contributed by atoms with Crippen LogP contribution in [-0.2, 0) is 11.5 Å². The number of unbranched alkanes of at least 4 members (excludes halogenated alkanes) is 4. The Morgan fingerprint density at radius 3 is 1.67 bits per heavy atom. The lowest BCUT2D eigenvalue weighted by atomic mass is 10.1. The fourth-order valence-electron chi connectivity index (χ4n) is 2.66. The van der Waals surface area contributed by atoms with Crippen LogP contribution in [0.1, 0.15) is 56.6 Å². The van der Waals surface area contributed by atoms with Gasteiger partial charge in [-0.3, -0.25) is 0 Å². The van der Waals surface area contributed by atoms with Crippen molar-refractivity contribution in [2.24, 2.45) is 0 Å². The highest BCUT2D eigenvalue weighted by atomic mass is 32.2. The van der Waals surface area contributed by atoms with Gasteiger partial charge in [0.05, 0.1) is 4.58 Å². The number of benzene rings is 2. The second kappa shape index (κ2) is 12.5. The van der Waals surface area contributed by atoms with Gasteiger partial charge in [0.1, 0.15) is 0 Å². The molecule has 0 amide bonds. The molecule has 2 aromatic carbocycles. The van der Waals surface area contributed by atoms with Gasteiger partial charge in [0.15, 0.2) is 0 Å². The van der Waals surface area contributed by atoms with Gasteiger partial charge in [-0.25, -0.2) is 0 Å². The van der Waals surface area contributed by atoms with Crippen molar-refractivity contribution < 1.29 is 0 Å². The summed E-state index contributed by atoms with van der Waals surface area (Å²) in [7, 11) is 0. The molecule has 0 bridgehead atoms. The Labute approximate surface area is 156 Å². The maximum atomic E-state index is 2.29. The van der Waals surface area contributed by atoms with Gasteiger partial charge in [-0.2, -0.15) is 0 Å². The first kappa shape index (κ1) is 19.5. The second-order valence-corrected chi connectivity index (χ2v) is 8.91. The topological polar surface area (TPSA) is 0 Å². The van der Waals surface area contributed by atoms with Crippen LogP contribution in [0.2, 0.25) is 0 Å². The lowest BCUT2D eigenvalue weighted by Crippen LogP contribution is -1.99. The summed E-state index contributed by atoms with van der Waals surface area (Å²) in [4.78, 5) is 0. The van der Waals surface area contributed by atoms with E-state index in [4.69, 9.17) is 0 Å². The smallest absolute Gasteiger partial charge is 0.0509 e. The molecule has 0 N–H and O–H groups in total. The Morgan fingerprint density at radius 1 is 0.667 bits per heavy atom. The van der Waals surface area contributed by atoms with Crippen molar-refractivity contribution in [1.29, 1.82) is 0 Å². The van der Waals surface area contributed by atoms with Crippen molar-refractivity contribution in [3.05, 3.63) is 71.8 Å². The first-order valence-corrected chi connectivity index (χ1v) is 11.3. The molecule has 0 spiro atoms. The Kier molecular flexibility index (Phi) is 10.1. The minimum absolute atomic E-state index is 0.701. The van der Waals surface area contributed by atoms with Crippen LogP contribution in [0.5, 0.6) is 0 Å². The molecule has 2 aromatic rings. The molecule has 0 aliphatic heterocycles. The Morgan fingerprint density at radius 2 is 1.17 bits per heavy atom. The fraction of sp³-hybridized carbons (Fsp3) is 0.455. The summed E-state index contributed by atoms with van der Waals surface area (Å²) in [6, 6.07) is 21.8. The second-order valence-electron chi connectivity index (χ2n) is 6.23. The first-order valence-electron chi connectivity index (χ1n) is 9.19. The summed E-state index contributed by atoms with van der Waals surface area (Å²) >= 11 is 4.24. The molecule has 0 nitrogen and oxygen atoms in total. The molecule has 24 heavy (non-hydrogen) atoms. The van der Waals surface area contributed by atoms with E-state index in [1.54, 1.807) is 0 Å². The van der Waals surface area contributed by atoms with Gasteiger partial charge < -0.3 is 0 Å². The number of hydrogen-bond donors (Lipinski definition) is 0. The SMILES string of the molecule is CCCCCCCC(SCc1ccccc1)SCc1ccccc1. The molecule has 0 saturated carbocycles. The zero-order valence-corrected chi connectivity index (χ0v) is 16.5. The Hall–Kier alpha value is -0.860. The molecule has 130 valence electrons. The van der Waals surface area contributed by atoms with Crippen LogP contribution in [-0.4, -0.2) is 4.58 Å². The summed E-state index contributed by atoms with van der Waals surface area (Å²) in [6.07, 6.45) is 8.21. The van der Waals surface area contributed by atoms with Crippen molar-refractivity contribution in [2.75, 3.05) is 0 Å². The van der Waals surface area contributed by atoms with Gasteiger partial charge in [0.25, 0.3) is 0 Å². The standard InChI is InChI=1S/C22H30S2/c1-2-3-4-5-12-17-22(23-18-20-13-8-6-9-14-20)24-19-21-15-10-7-11-16-21/h6-11,13-16,22H,2-5,12,17-19H2,1H3. The third-order valence-electron chi connectivity index (χ3n) is 4.10. The van der Waals surface area contributed by atoms with Crippen LogP contribution in [0.15, 0.2) is 60.7 Å². The van der Waals surface area contributed by atoms with E-state index in [0.717, 1.165) is 11.5 Å². The van der Waals surface area contributed by atoms with Crippen LogP contribution in [0.3, 0.4) is 0 Å². The third-order valence-corrected chi connectivity index (χ3v) is 7.13. The van der Waals surface area contributed by atoms with E-state index in [9.17, 15) is 0 Å². The van der Waals surface area contributed by atoms with Crippen LogP contribution in [0.25, 0.3) is 0 Å². The lowest BCUT2D eigenvalue weighted by molar-refractivity contribution is 0.622. The molecule has 0 atom stereocenters. The normalized spacial score (nSPS) is 11.1. The molecule has 0 saturated heterocycles. The van der Waals surface area contributed by atoms with E-state index < -0.39 is 0 Å². The van der Waals surface area contributed by atoms with Crippen LogP contribution in [0, 0.1) is 0 Å². The van der Waals surface area contributed by atoms with E-state index >= 15 is 0 Å². The predicted molar refractivity (Wildman–Crippen MR) is 113 cm³/mol. The molecule has 2 rings (SSSR count). The van der Waals surface area contributed by atoms with E-state index in [1.807, 2.05) is 0 Å². The van der Waals surface area contributed by atoms with E-state index in [0.29, 0.717) is 4.58 Å². The maximum absolute atomic E-state index is 2.29. The van der Waals surface area contributed by atoms with Crippen molar-refractivity contribution in [3.8, 4) is 0 Å². The first-order chi connectivity index (χ1) is 11.9.